The summed E-state index contributed by atoms with van der Waals surface area (Å²) in [4.78, 5) is 11.6. The zero-order chi connectivity index (χ0) is 26.6. The highest BCUT2D eigenvalue weighted by atomic mass is 16.3. The van der Waals surface area contributed by atoms with Gasteiger partial charge in [-0.25, -0.2) is 9.50 Å². The molecule has 3 atom stereocenters. The molecular formula is C30H28N8O. The maximum Gasteiger partial charge on any atom is 0.128 e. The van der Waals surface area contributed by atoms with Gasteiger partial charge in [0.25, 0.3) is 0 Å². The van der Waals surface area contributed by atoms with Gasteiger partial charge in [0, 0.05) is 79.3 Å². The van der Waals surface area contributed by atoms with Gasteiger partial charge in [0.1, 0.15) is 11.9 Å². The van der Waals surface area contributed by atoms with E-state index in [9.17, 15) is 10.4 Å². The summed E-state index contributed by atoms with van der Waals surface area (Å²) in [6.45, 7) is 1.78. The van der Waals surface area contributed by atoms with E-state index >= 15 is 0 Å². The third-order valence-corrected chi connectivity index (χ3v) is 8.25. The number of aromatic nitrogens is 6. The van der Waals surface area contributed by atoms with E-state index in [1.165, 1.54) is 0 Å². The second-order valence-electron chi connectivity index (χ2n) is 11.0. The molecule has 1 aliphatic heterocycles. The smallest absolute Gasteiger partial charge is 0.128 e. The quantitative estimate of drug-likeness (QED) is 0.378. The summed E-state index contributed by atoms with van der Waals surface area (Å²) in [6, 6.07) is 14.4. The van der Waals surface area contributed by atoms with Crippen molar-refractivity contribution in [3.8, 4) is 28.3 Å². The molecule has 194 valence electrons. The lowest BCUT2D eigenvalue weighted by molar-refractivity contribution is 0.0396. The second kappa shape index (κ2) is 9.03. The van der Waals surface area contributed by atoms with Gasteiger partial charge in [0.05, 0.1) is 29.1 Å². The SMILES string of the molecule is Cn1cc(-c2cc(-c3ccc(N4C[C@@H]5C[C@@](O)(Cc6ccccn6)C[C@@H]5C4)nc3)c3c(C#N)cnn3c2)cn1. The van der Waals surface area contributed by atoms with Crippen molar-refractivity contribution in [1.29, 1.82) is 5.26 Å². The van der Waals surface area contributed by atoms with Gasteiger partial charge in [-0.05, 0) is 55.0 Å². The Kier molecular flexibility index (Phi) is 5.46. The maximum absolute atomic E-state index is 11.3. The minimum atomic E-state index is -0.679. The van der Waals surface area contributed by atoms with Crippen LogP contribution >= 0.6 is 0 Å². The lowest BCUT2D eigenvalue weighted by Gasteiger charge is -2.26. The summed E-state index contributed by atoms with van der Waals surface area (Å²) in [5, 5.41) is 29.7. The summed E-state index contributed by atoms with van der Waals surface area (Å²) >= 11 is 0. The van der Waals surface area contributed by atoms with E-state index in [0.717, 1.165) is 65.2 Å². The van der Waals surface area contributed by atoms with Crippen molar-refractivity contribution < 1.29 is 5.11 Å². The fourth-order valence-electron chi connectivity index (χ4n) is 6.52. The van der Waals surface area contributed by atoms with Gasteiger partial charge in [-0.2, -0.15) is 15.5 Å². The minimum absolute atomic E-state index is 0.445. The highest BCUT2D eigenvalue weighted by Gasteiger charge is 2.48. The molecule has 2 fully saturated rings. The van der Waals surface area contributed by atoms with Gasteiger partial charge in [0.15, 0.2) is 0 Å². The maximum atomic E-state index is 11.3. The lowest BCUT2D eigenvalue weighted by atomic mass is 9.93. The second-order valence-corrected chi connectivity index (χ2v) is 11.0. The average Bonchev–Trinajstić information content (AvgIpc) is 3.71. The Morgan fingerprint density at radius 2 is 1.82 bits per heavy atom. The van der Waals surface area contributed by atoms with Crippen molar-refractivity contribution in [2.45, 2.75) is 24.9 Å². The molecule has 0 bridgehead atoms. The van der Waals surface area contributed by atoms with E-state index in [-0.39, 0.29) is 0 Å². The molecule has 0 amide bonds. The molecule has 5 aromatic rings. The van der Waals surface area contributed by atoms with E-state index in [1.807, 2.05) is 50.0 Å². The molecule has 1 saturated carbocycles. The molecule has 1 aliphatic carbocycles. The van der Waals surface area contributed by atoms with Crippen LogP contribution in [0.25, 0.3) is 27.8 Å². The lowest BCUT2D eigenvalue weighted by Crippen LogP contribution is -2.32. The average molecular weight is 517 g/mol. The Morgan fingerprint density at radius 3 is 2.49 bits per heavy atom. The Hall–Kier alpha value is -4.55. The van der Waals surface area contributed by atoms with Crippen LogP contribution in [0.4, 0.5) is 5.82 Å². The summed E-state index contributed by atoms with van der Waals surface area (Å²) in [6.07, 6.45) is 13.2. The van der Waals surface area contributed by atoms with Crippen LogP contribution in [0.1, 0.15) is 24.1 Å². The third kappa shape index (κ3) is 4.23. The fraction of sp³-hybridized carbons (Fsp3) is 0.300. The van der Waals surface area contributed by atoms with Crippen molar-refractivity contribution in [1.82, 2.24) is 29.4 Å². The number of aryl methyl sites for hydroxylation is 1. The molecule has 5 aromatic heterocycles. The van der Waals surface area contributed by atoms with Gasteiger partial charge in [-0.15, -0.1) is 0 Å². The van der Waals surface area contributed by atoms with E-state index < -0.39 is 5.60 Å². The molecule has 9 nitrogen and oxygen atoms in total. The van der Waals surface area contributed by atoms with E-state index in [4.69, 9.17) is 4.98 Å². The first-order valence-electron chi connectivity index (χ1n) is 13.2. The van der Waals surface area contributed by atoms with Crippen molar-refractivity contribution in [2.24, 2.45) is 18.9 Å². The Morgan fingerprint density at radius 1 is 0.974 bits per heavy atom. The topological polar surface area (TPSA) is 108 Å². The van der Waals surface area contributed by atoms with Crippen LogP contribution in [0.5, 0.6) is 0 Å². The first kappa shape index (κ1) is 23.6. The van der Waals surface area contributed by atoms with Gasteiger partial charge >= 0.3 is 0 Å². The zero-order valence-corrected chi connectivity index (χ0v) is 21.6. The van der Waals surface area contributed by atoms with Crippen LogP contribution in [-0.4, -0.2) is 53.2 Å². The van der Waals surface area contributed by atoms with Crippen molar-refractivity contribution >= 4 is 11.3 Å². The monoisotopic (exact) mass is 516 g/mol. The molecule has 0 aromatic carbocycles. The molecule has 39 heavy (non-hydrogen) atoms. The first-order valence-corrected chi connectivity index (χ1v) is 13.2. The standard InChI is InChI=1S/C30H28N8O/c1-36-16-25(15-34-36)21-8-27(29-24(12-31)14-35-38(29)19-21)20-5-6-28(33-13-20)37-17-22-9-30(39,10-23(22)18-37)11-26-4-2-3-7-32-26/h2-8,13-16,19,22-23,39H,9-11,17-18H2,1H3/t22-,23+,30-. The number of nitrogens with zero attached hydrogens (tertiary/aromatic N) is 8. The first-order chi connectivity index (χ1) is 19.0. The number of rotatable bonds is 5. The molecule has 0 spiro atoms. The van der Waals surface area contributed by atoms with Gasteiger partial charge in [-0.3, -0.25) is 9.67 Å². The number of aliphatic hydroxyl groups is 1. The number of pyridine rings is 3. The van der Waals surface area contributed by atoms with Crippen molar-refractivity contribution in [3.63, 3.8) is 0 Å². The van der Waals surface area contributed by atoms with Crippen molar-refractivity contribution in [2.75, 3.05) is 18.0 Å². The van der Waals surface area contributed by atoms with Crippen LogP contribution in [0.2, 0.25) is 0 Å². The van der Waals surface area contributed by atoms with E-state index in [1.54, 1.807) is 21.6 Å². The number of anilines is 1. The highest BCUT2D eigenvalue weighted by molar-refractivity contribution is 5.87. The molecular weight excluding hydrogens is 488 g/mol. The van der Waals surface area contributed by atoms with Crippen LogP contribution in [-0.2, 0) is 13.5 Å². The van der Waals surface area contributed by atoms with Gasteiger partial charge in [-0.1, -0.05) is 6.07 Å². The van der Waals surface area contributed by atoms with Crippen molar-refractivity contribution in [3.05, 3.63) is 84.8 Å². The Bertz CT molecular complexity index is 1680. The molecule has 6 heterocycles. The fourth-order valence-corrected chi connectivity index (χ4v) is 6.52. The number of nitriles is 1. The summed E-state index contributed by atoms with van der Waals surface area (Å²) in [5.41, 5.74) is 5.34. The molecule has 0 radical (unpaired) electrons. The number of hydrogen-bond donors (Lipinski definition) is 1. The summed E-state index contributed by atoms with van der Waals surface area (Å²) in [5.74, 6) is 1.83. The Balaban J connectivity index is 1.13. The van der Waals surface area contributed by atoms with E-state index in [2.05, 4.69) is 44.3 Å². The normalized spacial score (nSPS) is 22.3. The van der Waals surface area contributed by atoms with Gasteiger partial charge < -0.3 is 10.0 Å². The summed E-state index contributed by atoms with van der Waals surface area (Å²) < 4.78 is 3.53. The largest absolute Gasteiger partial charge is 0.389 e. The van der Waals surface area contributed by atoms with Crippen LogP contribution in [0, 0.1) is 23.2 Å². The van der Waals surface area contributed by atoms with Crippen LogP contribution < -0.4 is 4.90 Å². The predicted octanol–water partition coefficient (Wildman–Crippen LogP) is 3.88. The molecule has 2 aliphatic rings. The van der Waals surface area contributed by atoms with Gasteiger partial charge in [0.2, 0.25) is 0 Å². The number of hydrogen-bond acceptors (Lipinski definition) is 7. The van der Waals surface area contributed by atoms with Crippen LogP contribution in [0.15, 0.2) is 73.6 Å². The zero-order valence-electron chi connectivity index (χ0n) is 21.6. The molecule has 7 rings (SSSR count). The Labute approximate surface area is 226 Å². The van der Waals surface area contributed by atoms with E-state index in [0.29, 0.717) is 23.8 Å². The number of fused-ring (bicyclic) bond motifs is 2. The molecule has 0 unspecified atom stereocenters. The predicted molar refractivity (Wildman–Crippen MR) is 147 cm³/mol. The molecule has 9 heteroatoms. The minimum Gasteiger partial charge on any atom is -0.389 e. The highest BCUT2D eigenvalue weighted by Crippen LogP contribution is 2.46. The summed E-state index contributed by atoms with van der Waals surface area (Å²) in [7, 11) is 1.89. The molecule has 1 saturated heterocycles. The van der Waals surface area contributed by atoms with Crippen LogP contribution in [0.3, 0.4) is 0 Å². The third-order valence-electron chi connectivity index (χ3n) is 8.25. The molecule has 1 N–H and O–H groups in total.